The summed E-state index contributed by atoms with van der Waals surface area (Å²) in [7, 11) is 0. The van der Waals surface area contributed by atoms with Gasteiger partial charge < -0.3 is 0 Å². The van der Waals surface area contributed by atoms with E-state index in [1.165, 1.54) is 27.8 Å². The van der Waals surface area contributed by atoms with E-state index in [2.05, 4.69) is 63.2 Å². The predicted molar refractivity (Wildman–Crippen MR) is 68.7 cm³/mol. The quantitative estimate of drug-likeness (QED) is 0.605. The minimum atomic E-state index is 0.152. The van der Waals surface area contributed by atoms with Crippen molar-refractivity contribution in [2.45, 2.75) is 26.2 Å². The van der Waals surface area contributed by atoms with Crippen molar-refractivity contribution < 1.29 is 0 Å². The maximum Gasteiger partial charge on any atom is 0.0158 e. The van der Waals surface area contributed by atoms with Crippen molar-refractivity contribution >= 4 is 0 Å². The van der Waals surface area contributed by atoms with E-state index >= 15 is 0 Å². The van der Waals surface area contributed by atoms with E-state index in [4.69, 9.17) is 0 Å². The van der Waals surface area contributed by atoms with Gasteiger partial charge in [0.15, 0.2) is 0 Å². The maximum absolute atomic E-state index is 2.31. The molecule has 3 rings (SSSR count). The van der Waals surface area contributed by atoms with E-state index in [0.29, 0.717) is 0 Å². The van der Waals surface area contributed by atoms with E-state index in [9.17, 15) is 0 Å². The van der Waals surface area contributed by atoms with Crippen LogP contribution < -0.4 is 0 Å². The molecule has 1 aliphatic rings. The molecule has 0 aromatic heterocycles. The lowest BCUT2D eigenvalue weighted by atomic mass is 9.82. The van der Waals surface area contributed by atoms with Gasteiger partial charge in [-0.15, -0.1) is 0 Å². The second-order valence-corrected chi connectivity index (χ2v) is 5.22. The summed E-state index contributed by atoms with van der Waals surface area (Å²) in [5, 5.41) is 0. The molecule has 0 nitrogen and oxygen atoms in total. The lowest BCUT2D eigenvalue weighted by Crippen LogP contribution is -2.14. The number of aryl methyl sites for hydroxylation is 1. The second kappa shape index (κ2) is 2.98. The van der Waals surface area contributed by atoms with Crippen molar-refractivity contribution in [1.82, 2.24) is 0 Å². The first kappa shape index (κ1) is 9.65. The lowest BCUT2D eigenvalue weighted by molar-refractivity contribution is 0.660. The van der Waals surface area contributed by atoms with Crippen LogP contribution in [0.3, 0.4) is 0 Å². The number of rotatable bonds is 0. The molecule has 0 N–H and O–H groups in total. The van der Waals surface area contributed by atoms with E-state index in [1.807, 2.05) is 0 Å². The van der Waals surface area contributed by atoms with Crippen LogP contribution in [0.25, 0.3) is 11.1 Å². The number of benzene rings is 2. The molecule has 1 aliphatic carbocycles. The summed E-state index contributed by atoms with van der Waals surface area (Å²) in [5.41, 5.74) is 7.23. The Morgan fingerprint density at radius 3 is 2.31 bits per heavy atom. The molecule has 80 valence electrons. The lowest BCUT2D eigenvalue weighted by Gasteiger charge is -2.21. The topological polar surface area (TPSA) is 0 Å². The standard InChI is InChI=1S/C16H16/c1-11-8-9-15-13(10-11)12-6-4-5-7-14(12)16(15,2)3/h4-10H,1-3H3. The van der Waals surface area contributed by atoms with Crippen LogP contribution in [-0.4, -0.2) is 0 Å². The van der Waals surface area contributed by atoms with Gasteiger partial charge in [0.2, 0.25) is 0 Å². The average molecular weight is 208 g/mol. The molecule has 16 heavy (non-hydrogen) atoms. The monoisotopic (exact) mass is 208 g/mol. The molecule has 0 saturated heterocycles. The zero-order valence-electron chi connectivity index (χ0n) is 10.0. The number of hydrogen-bond acceptors (Lipinski definition) is 0. The normalized spacial score (nSPS) is 15.7. The van der Waals surface area contributed by atoms with Gasteiger partial charge in [-0.2, -0.15) is 0 Å². The average Bonchev–Trinajstić information content (AvgIpc) is 2.49. The van der Waals surface area contributed by atoms with Gasteiger partial charge in [-0.1, -0.05) is 61.9 Å². The van der Waals surface area contributed by atoms with Crippen molar-refractivity contribution in [1.29, 1.82) is 0 Å². The molecule has 0 unspecified atom stereocenters. The zero-order valence-corrected chi connectivity index (χ0v) is 10.0. The first-order chi connectivity index (χ1) is 7.60. The van der Waals surface area contributed by atoms with Crippen LogP contribution >= 0.6 is 0 Å². The summed E-state index contributed by atoms with van der Waals surface area (Å²) in [6.45, 7) is 6.79. The van der Waals surface area contributed by atoms with Gasteiger partial charge in [-0.25, -0.2) is 0 Å². The van der Waals surface area contributed by atoms with E-state index in [-0.39, 0.29) is 5.41 Å². The number of hydrogen-bond donors (Lipinski definition) is 0. The minimum absolute atomic E-state index is 0.152. The van der Waals surface area contributed by atoms with Crippen LogP contribution in [-0.2, 0) is 5.41 Å². The SMILES string of the molecule is Cc1ccc2c(c1)-c1ccccc1C2(C)C. The summed E-state index contributed by atoms with van der Waals surface area (Å²) < 4.78 is 0. The molecule has 0 heterocycles. The molecule has 2 aromatic carbocycles. The van der Waals surface area contributed by atoms with Crippen LogP contribution in [0.4, 0.5) is 0 Å². The first-order valence-electron chi connectivity index (χ1n) is 5.82. The minimum Gasteiger partial charge on any atom is -0.0619 e. The van der Waals surface area contributed by atoms with E-state index in [0.717, 1.165) is 0 Å². The Labute approximate surface area is 96.9 Å². The Hall–Kier alpha value is -1.56. The van der Waals surface area contributed by atoms with Crippen molar-refractivity contribution in [3.63, 3.8) is 0 Å². The molecule has 0 bridgehead atoms. The van der Waals surface area contributed by atoms with Crippen LogP contribution in [0.5, 0.6) is 0 Å². The molecular weight excluding hydrogens is 192 g/mol. The molecule has 2 aromatic rings. The molecule has 0 fully saturated rings. The van der Waals surface area contributed by atoms with Crippen LogP contribution in [0.2, 0.25) is 0 Å². The Balaban J connectivity index is 2.40. The summed E-state index contributed by atoms with van der Waals surface area (Å²) in [6.07, 6.45) is 0. The molecule has 0 aliphatic heterocycles. The molecule has 0 radical (unpaired) electrons. The third kappa shape index (κ3) is 1.10. The fraction of sp³-hybridized carbons (Fsp3) is 0.250. The fourth-order valence-corrected chi connectivity index (χ4v) is 2.83. The van der Waals surface area contributed by atoms with Crippen molar-refractivity contribution in [2.24, 2.45) is 0 Å². The molecule has 0 heteroatoms. The predicted octanol–water partition coefficient (Wildman–Crippen LogP) is 4.30. The Kier molecular flexibility index (Phi) is 1.79. The molecule has 0 atom stereocenters. The zero-order chi connectivity index (χ0) is 11.3. The van der Waals surface area contributed by atoms with Gasteiger partial charge in [-0.05, 0) is 29.2 Å². The summed E-state index contributed by atoms with van der Waals surface area (Å²) in [6, 6.07) is 15.6. The Morgan fingerprint density at radius 2 is 1.50 bits per heavy atom. The summed E-state index contributed by atoms with van der Waals surface area (Å²) >= 11 is 0. The van der Waals surface area contributed by atoms with Gasteiger partial charge in [0.05, 0.1) is 0 Å². The van der Waals surface area contributed by atoms with E-state index < -0.39 is 0 Å². The molecule has 0 amide bonds. The highest BCUT2D eigenvalue weighted by Gasteiger charge is 2.34. The van der Waals surface area contributed by atoms with Gasteiger partial charge in [-0.3, -0.25) is 0 Å². The van der Waals surface area contributed by atoms with Crippen molar-refractivity contribution in [2.75, 3.05) is 0 Å². The molecule has 0 spiro atoms. The van der Waals surface area contributed by atoms with Crippen molar-refractivity contribution in [3.05, 3.63) is 59.2 Å². The fourth-order valence-electron chi connectivity index (χ4n) is 2.83. The Morgan fingerprint density at radius 1 is 0.812 bits per heavy atom. The van der Waals surface area contributed by atoms with Gasteiger partial charge in [0, 0.05) is 5.41 Å². The smallest absolute Gasteiger partial charge is 0.0158 e. The molecule has 0 saturated carbocycles. The van der Waals surface area contributed by atoms with Gasteiger partial charge in [0.25, 0.3) is 0 Å². The maximum atomic E-state index is 2.31. The van der Waals surface area contributed by atoms with Crippen LogP contribution in [0.1, 0.15) is 30.5 Å². The second-order valence-electron chi connectivity index (χ2n) is 5.22. The third-order valence-electron chi connectivity index (χ3n) is 3.74. The van der Waals surface area contributed by atoms with Gasteiger partial charge in [0.1, 0.15) is 0 Å². The van der Waals surface area contributed by atoms with Crippen LogP contribution in [0.15, 0.2) is 42.5 Å². The first-order valence-corrected chi connectivity index (χ1v) is 5.82. The van der Waals surface area contributed by atoms with Crippen LogP contribution in [0, 0.1) is 6.92 Å². The summed E-state index contributed by atoms with van der Waals surface area (Å²) in [4.78, 5) is 0. The van der Waals surface area contributed by atoms with Gasteiger partial charge >= 0.3 is 0 Å². The largest absolute Gasteiger partial charge is 0.0619 e. The highest BCUT2D eigenvalue weighted by molar-refractivity contribution is 5.80. The Bertz CT molecular complexity index is 562. The highest BCUT2D eigenvalue weighted by atomic mass is 14.4. The van der Waals surface area contributed by atoms with Crippen molar-refractivity contribution in [3.8, 4) is 11.1 Å². The summed E-state index contributed by atoms with van der Waals surface area (Å²) in [5.74, 6) is 0. The molecular formula is C16H16. The third-order valence-corrected chi connectivity index (χ3v) is 3.74. The van der Waals surface area contributed by atoms with E-state index in [1.54, 1.807) is 0 Å². The number of fused-ring (bicyclic) bond motifs is 3. The highest BCUT2D eigenvalue weighted by Crippen LogP contribution is 2.48.